The highest BCUT2D eigenvalue weighted by Gasteiger charge is 2.45. The van der Waals surface area contributed by atoms with Crippen molar-refractivity contribution in [1.29, 1.82) is 0 Å². The summed E-state index contributed by atoms with van der Waals surface area (Å²) < 4.78 is 0. The Morgan fingerprint density at radius 1 is 1.58 bits per heavy atom. The Kier molecular flexibility index (Phi) is 2.57. The van der Waals surface area contributed by atoms with Crippen LogP contribution >= 0.6 is 0 Å². The zero-order chi connectivity index (χ0) is 9.35. The molecular formula is C10H18O2. The van der Waals surface area contributed by atoms with E-state index in [1.807, 2.05) is 20.8 Å². The molecule has 0 aromatic rings. The first-order valence-electron chi connectivity index (χ1n) is 4.75. The average molecular weight is 170 g/mol. The Morgan fingerprint density at radius 3 is 2.50 bits per heavy atom. The maximum absolute atomic E-state index is 11.6. The van der Waals surface area contributed by atoms with E-state index in [9.17, 15) is 9.90 Å². The van der Waals surface area contributed by atoms with Gasteiger partial charge in [0.15, 0.2) is 5.78 Å². The van der Waals surface area contributed by atoms with Crippen LogP contribution in [-0.4, -0.2) is 16.5 Å². The molecule has 1 saturated carbocycles. The van der Waals surface area contributed by atoms with Gasteiger partial charge in [0.25, 0.3) is 0 Å². The van der Waals surface area contributed by atoms with E-state index >= 15 is 0 Å². The van der Waals surface area contributed by atoms with Gasteiger partial charge in [-0.05, 0) is 25.2 Å². The molecule has 1 aliphatic rings. The van der Waals surface area contributed by atoms with E-state index in [1.165, 1.54) is 0 Å². The molecule has 0 bridgehead atoms. The molecule has 2 heteroatoms. The minimum atomic E-state index is -1.01. The van der Waals surface area contributed by atoms with Crippen molar-refractivity contribution in [3.05, 3.63) is 0 Å². The molecule has 2 nitrogen and oxygen atoms in total. The Hall–Kier alpha value is -0.370. The van der Waals surface area contributed by atoms with E-state index in [2.05, 4.69) is 0 Å². The Balaban J connectivity index is 2.77. The van der Waals surface area contributed by atoms with Crippen LogP contribution in [-0.2, 0) is 4.79 Å². The van der Waals surface area contributed by atoms with Crippen LogP contribution in [0, 0.1) is 11.8 Å². The van der Waals surface area contributed by atoms with Crippen LogP contribution in [0.2, 0.25) is 0 Å². The quantitative estimate of drug-likeness (QED) is 0.685. The highest BCUT2D eigenvalue weighted by Crippen LogP contribution is 2.37. The van der Waals surface area contributed by atoms with E-state index < -0.39 is 5.60 Å². The van der Waals surface area contributed by atoms with Gasteiger partial charge in [-0.15, -0.1) is 0 Å². The van der Waals surface area contributed by atoms with Crippen LogP contribution < -0.4 is 0 Å². The molecule has 12 heavy (non-hydrogen) atoms. The molecule has 70 valence electrons. The Bertz CT molecular complexity index is 186. The van der Waals surface area contributed by atoms with Crippen molar-refractivity contribution in [2.24, 2.45) is 11.8 Å². The van der Waals surface area contributed by atoms with Crippen molar-refractivity contribution >= 4 is 5.78 Å². The standard InChI is InChI=1S/C10H18O2/c1-7(2)9(11)10(12)6-4-5-8(10)3/h7-8,12H,4-6H2,1-3H3. The fourth-order valence-electron chi connectivity index (χ4n) is 2.03. The largest absolute Gasteiger partial charge is 0.382 e. The second kappa shape index (κ2) is 3.17. The summed E-state index contributed by atoms with van der Waals surface area (Å²) in [5, 5.41) is 10.0. The summed E-state index contributed by atoms with van der Waals surface area (Å²) in [6, 6.07) is 0. The first-order valence-corrected chi connectivity index (χ1v) is 4.75. The second-order valence-electron chi connectivity index (χ2n) is 4.24. The first kappa shape index (κ1) is 9.72. The van der Waals surface area contributed by atoms with Crippen molar-refractivity contribution in [3.8, 4) is 0 Å². The highest BCUT2D eigenvalue weighted by molar-refractivity contribution is 5.89. The summed E-state index contributed by atoms with van der Waals surface area (Å²) in [6.45, 7) is 5.67. The van der Waals surface area contributed by atoms with Crippen LogP contribution in [0.4, 0.5) is 0 Å². The third kappa shape index (κ3) is 1.40. The van der Waals surface area contributed by atoms with Crippen molar-refractivity contribution in [2.75, 3.05) is 0 Å². The van der Waals surface area contributed by atoms with Gasteiger partial charge in [0, 0.05) is 5.92 Å². The van der Waals surface area contributed by atoms with E-state index in [0.717, 1.165) is 12.8 Å². The maximum Gasteiger partial charge on any atom is 0.167 e. The monoisotopic (exact) mass is 170 g/mol. The number of hydrogen-bond donors (Lipinski definition) is 1. The average Bonchev–Trinajstić information content (AvgIpc) is 2.32. The molecule has 0 saturated heterocycles. The van der Waals surface area contributed by atoms with Crippen molar-refractivity contribution in [2.45, 2.75) is 45.6 Å². The summed E-state index contributed by atoms with van der Waals surface area (Å²) in [5.74, 6) is 0.121. The SMILES string of the molecule is CC(C)C(=O)C1(O)CCCC1C. The van der Waals surface area contributed by atoms with Gasteiger partial charge in [-0.2, -0.15) is 0 Å². The third-order valence-corrected chi connectivity index (χ3v) is 2.96. The van der Waals surface area contributed by atoms with Gasteiger partial charge in [0.05, 0.1) is 0 Å². The summed E-state index contributed by atoms with van der Waals surface area (Å²) in [5.41, 5.74) is -1.01. The number of carbonyl (C=O) groups is 1. The van der Waals surface area contributed by atoms with Crippen molar-refractivity contribution in [1.82, 2.24) is 0 Å². The lowest BCUT2D eigenvalue weighted by Crippen LogP contribution is -2.43. The van der Waals surface area contributed by atoms with Crippen molar-refractivity contribution in [3.63, 3.8) is 0 Å². The minimum absolute atomic E-state index is 0.0208. The van der Waals surface area contributed by atoms with Crippen LogP contribution in [0.15, 0.2) is 0 Å². The lowest BCUT2D eigenvalue weighted by molar-refractivity contribution is -0.143. The maximum atomic E-state index is 11.6. The van der Waals surface area contributed by atoms with Gasteiger partial charge in [-0.1, -0.05) is 20.8 Å². The number of aliphatic hydroxyl groups is 1. The lowest BCUT2D eigenvalue weighted by atomic mass is 9.83. The highest BCUT2D eigenvalue weighted by atomic mass is 16.3. The number of hydrogen-bond acceptors (Lipinski definition) is 2. The topological polar surface area (TPSA) is 37.3 Å². The zero-order valence-corrected chi connectivity index (χ0v) is 8.13. The summed E-state index contributed by atoms with van der Waals surface area (Å²) in [6.07, 6.45) is 2.62. The van der Waals surface area contributed by atoms with Gasteiger partial charge in [0.1, 0.15) is 5.60 Å². The normalized spacial score (nSPS) is 35.9. The number of Topliss-reactive ketones (excluding diaryl/α,β-unsaturated/α-hetero) is 1. The predicted molar refractivity (Wildman–Crippen MR) is 47.8 cm³/mol. The van der Waals surface area contributed by atoms with E-state index in [1.54, 1.807) is 0 Å². The molecule has 1 aliphatic carbocycles. The van der Waals surface area contributed by atoms with Crippen LogP contribution in [0.5, 0.6) is 0 Å². The molecule has 0 aromatic carbocycles. The van der Waals surface area contributed by atoms with E-state index in [0.29, 0.717) is 6.42 Å². The molecule has 0 amide bonds. The van der Waals surface area contributed by atoms with Crippen LogP contribution in [0.1, 0.15) is 40.0 Å². The third-order valence-electron chi connectivity index (χ3n) is 2.96. The molecular weight excluding hydrogens is 152 g/mol. The predicted octanol–water partition coefficient (Wildman–Crippen LogP) is 1.76. The fourth-order valence-corrected chi connectivity index (χ4v) is 2.03. The second-order valence-corrected chi connectivity index (χ2v) is 4.24. The van der Waals surface area contributed by atoms with Gasteiger partial charge < -0.3 is 5.11 Å². The number of carbonyl (C=O) groups excluding carboxylic acids is 1. The van der Waals surface area contributed by atoms with Gasteiger partial charge in [-0.3, -0.25) is 4.79 Å². The molecule has 0 radical (unpaired) electrons. The minimum Gasteiger partial charge on any atom is -0.382 e. The van der Waals surface area contributed by atoms with Gasteiger partial charge in [0.2, 0.25) is 0 Å². The van der Waals surface area contributed by atoms with Crippen molar-refractivity contribution < 1.29 is 9.90 Å². The van der Waals surface area contributed by atoms with Gasteiger partial charge in [-0.25, -0.2) is 0 Å². The molecule has 1 rings (SSSR count). The van der Waals surface area contributed by atoms with Crippen LogP contribution in [0.25, 0.3) is 0 Å². The number of ketones is 1. The lowest BCUT2D eigenvalue weighted by Gasteiger charge is -2.27. The molecule has 2 unspecified atom stereocenters. The summed E-state index contributed by atoms with van der Waals surface area (Å²) in [4.78, 5) is 11.6. The molecule has 1 N–H and O–H groups in total. The summed E-state index contributed by atoms with van der Waals surface area (Å²) >= 11 is 0. The molecule has 0 heterocycles. The van der Waals surface area contributed by atoms with Gasteiger partial charge >= 0.3 is 0 Å². The molecule has 2 atom stereocenters. The first-order chi connectivity index (χ1) is 5.48. The fraction of sp³-hybridized carbons (Fsp3) is 0.900. The number of rotatable bonds is 2. The van der Waals surface area contributed by atoms with Crippen LogP contribution in [0.3, 0.4) is 0 Å². The molecule has 0 aliphatic heterocycles. The summed E-state index contributed by atoms with van der Waals surface area (Å²) in [7, 11) is 0. The molecule has 0 aromatic heterocycles. The molecule has 0 spiro atoms. The smallest absolute Gasteiger partial charge is 0.167 e. The zero-order valence-electron chi connectivity index (χ0n) is 8.13. The Morgan fingerprint density at radius 2 is 2.17 bits per heavy atom. The van der Waals surface area contributed by atoms with E-state index in [4.69, 9.17) is 0 Å². The molecule has 1 fully saturated rings. The Labute approximate surface area is 74.0 Å². The van der Waals surface area contributed by atoms with E-state index in [-0.39, 0.29) is 17.6 Å².